The van der Waals surface area contributed by atoms with Crippen LogP contribution in [-0.4, -0.2) is 12.5 Å². The molecular weight excluding hydrogens is 285 g/mol. The number of nitrogens with two attached hydrogens (primary N) is 1. The quantitative estimate of drug-likeness (QED) is 0.851. The van der Waals surface area contributed by atoms with E-state index in [2.05, 4.69) is 10.1 Å². The van der Waals surface area contributed by atoms with Crippen LogP contribution in [0.25, 0.3) is 0 Å². The number of benzene rings is 2. The molecule has 0 radical (unpaired) electrons. The Kier molecular flexibility index (Phi) is 4.32. The van der Waals surface area contributed by atoms with Gasteiger partial charge in [-0.1, -0.05) is 12.1 Å². The lowest BCUT2D eigenvalue weighted by atomic mass is 10.1. The topological polar surface area (TPSA) is 64.3 Å². The minimum atomic E-state index is -3.07. The van der Waals surface area contributed by atoms with Crippen LogP contribution in [0.3, 0.4) is 0 Å². The van der Waals surface area contributed by atoms with E-state index in [1.807, 2.05) is 0 Å². The first-order valence-corrected chi connectivity index (χ1v) is 5.87. The van der Waals surface area contributed by atoms with Crippen molar-refractivity contribution >= 4 is 17.3 Å². The van der Waals surface area contributed by atoms with Crippen LogP contribution < -0.4 is 15.8 Å². The third-order valence-corrected chi connectivity index (χ3v) is 2.59. The molecule has 2 rings (SSSR count). The Morgan fingerprint density at radius 3 is 2.62 bits per heavy atom. The summed E-state index contributed by atoms with van der Waals surface area (Å²) in [6.45, 7) is -3.07. The van der Waals surface area contributed by atoms with Gasteiger partial charge in [0.25, 0.3) is 5.91 Å². The Balaban J connectivity index is 2.26. The molecule has 7 heteroatoms. The van der Waals surface area contributed by atoms with Crippen LogP contribution in [0.15, 0.2) is 42.5 Å². The van der Waals surface area contributed by atoms with Crippen LogP contribution in [0, 0.1) is 5.82 Å². The molecule has 0 spiro atoms. The molecule has 4 nitrogen and oxygen atoms in total. The van der Waals surface area contributed by atoms with Crippen molar-refractivity contribution in [1.29, 1.82) is 0 Å². The fraction of sp³-hybridized carbons (Fsp3) is 0.0714. The summed E-state index contributed by atoms with van der Waals surface area (Å²) in [7, 11) is 0. The number of halogens is 3. The number of hydrogen-bond donors (Lipinski definition) is 2. The number of carbonyl (C=O) groups is 1. The fourth-order valence-corrected chi connectivity index (χ4v) is 1.68. The molecule has 0 saturated heterocycles. The summed E-state index contributed by atoms with van der Waals surface area (Å²) in [6.07, 6.45) is 0. The third-order valence-electron chi connectivity index (χ3n) is 2.59. The maximum atomic E-state index is 13.5. The molecule has 110 valence electrons. The van der Waals surface area contributed by atoms with E-state index >= 15 is 0 Å². The normalized spacial score (nSPS) is 10.5. The molecule has 0 aliphatic carbocycles. The minimum absolute atomic E-state index is 0.139. The molecule has 1 amide bonds. The summed E-state index contributed by atoms with van der Waals surface area (Å²) in [4.78, 5) is 12.0. The van der Waals surface area contributed by atoms with Gasteiger partial charge in [-0.05, 0) is 30.3 Å². The van der Waals surface area contributed by atoms with Crippen LogP contribution in [-0.2, 0) is 0 Å². The zero-order chi connectivity index (χ0) is 15.4. The van der Waals surface area contributed by atoms with E-state index in [0.717, 1.165) is 6.07 Å². The highest BCUT2D eigenvalue weighted by atomic mass is 19.3. The first kappa shape index (κ1) is 14.7. The van der Waals surface area contributed by atoms with E-state index in [1.165, 1.54) is 36.4 Å². The zero-order valence-electron chi connectivity index (χ0n) is 10.6. The van der Waals surface area contributed by atoms with E-state index < -0.39 is 18.3 Å². The number of amides is 1. The Labute approximate surface area is 118 Å². The van der Waals surface area contributed by atoms with E-state index in [9.17, 15) is 18.0 Å². The number of hydrogen-bond acceptors (Lipinski definition) is 3. The van der Waals surface area contributed by atoms with Gasteiger partial charge in [0.2, 0.25) is 0 Å². The summed E-state index contributed by atoms with van der Waals surface area (Å²) < 4.78 is 42.3. The number of nitrogens with one attached hydrogen (secondary N) is 1. The van der Waals surface area contributed by atoms with Gasteiger partial charge in [-0.25, -0.2) is 4.39 Å². The Morgan fingerprint density at radius 1 is 1.19 bits per heavy atom. The maximum Gasteiger partial charge on any atom is 0.387 e. The molecule has 0 saturated carbocycles. The summed E-state index contributed by atoms with van der Waals surface area (Å²) in [5.41, 5.74) is 5.46. The number of ether oxygens (including phenoxy) is 1. The fourth-order valence-electron chi connectivity index (χ4n) is 1.68. The zero-order valence-corrected chi connectivity index (χ0v) is 10.6. The molecule has 0 bridgehead atoms. The Morgan fingerprint density at radius 2 is 1.90 bits per heavy atom. The van der Waals surface area contributed by atoms with Gasteiger partial charge < -0.3 is 15.8 Å². The van der Waals surface area contributed by atoms with Crippen molar-refractivity contribution in [1.82, 2.24) is 0 Å². The molecule has 0 aliphatic heterocycles. The van der Waals surface area contributed by atoms with Crippen molar-refractivity contribution in [3.8, 4) is 5.75 Å². The highest BCUT2D eigenvalue weighted by molar-refractivity contribution is 6.06. The van der Waals surface area contributed by atoms with Gasteiger partial charge in [-0.3, -0.25) is 4.79 Å². The molecule has 0 atom stereocenters. The van der Waals surface area contributed by atoms with E-state index in [1.54, 1.807) is 0 Å². The number of rotatable bonds is 4. The second kappa shape index (κ2) is 6.17. The number of carbonyl (C=O) groups excluding carboxylic acids is 1. The van der Waals surface area contributed by atoms with Gasteiger partial charge >= 0.3 is 6.61 Å². The molecule has 3 N–H and O–H groups in total. The largest absolute Gasteiger partial charge is 0.434 e. The van der Waals surface area contributed by atoms with Crippen molar-refractivity contribution in [2.45, 2.75) is 6.61 Å². The van der Waals surface area contributed by atoms with Crippen LogP contribution >= 0.6 is 0 Å². The number of alkyl halides is 2. The smallest absolute Gasteiger partial charge is 0.387 e. The van der Waals surface area contributed by atoms with Crippen molar-refractivity contribution in [2.75, 3.05) is 11.1 Å². The second-order valence-electron chi connectivity index (χ2n) is 4.07. The molecule has 0 heterocycles. The number of para-hydroxylation sites is 1. The molecule has 0 aromatic heterocycles. The molecular formula is C14H11F3N2O2. The first-order chi connectivity index (χ1) is 9.97. The average Bonchev–Trinajstić information content (AvgIpc) is 2.42. The summed E-state index contributed by atoms with van der Waals surface area (Å²) in [6, 6.07) is 9.07. The number of nitrogen functional groups attached to an aromatic ring is 1. The lowest BCUT2D eigenvalue weighted by Gasteiger charge is -2.11. The Bertz CT molecular complexity index is 662. The molecule has 2 aromatic carbocycles. The van der Waals surface area contributed by atoms with E-state index in [4.69, 9.17) is 5.73 Å². The van der Waals surface area contributed by atoms with Gasteiger partial charge in [0.05, 0.1) is 11.3 Å². The maximum absolute atomic E-state index is 13.5. The van der Waals surface area contributed by atoms with Gasteiger partial charge in [0, 0.05) is 5.69 Å². The van der Waals surface area contributed by atoms with Crippen molar-refractivity contribution in [2.24, 2.45) is 0 Å². The summed E-state index contributed by atoms with van der Waals surface area (Å²) in [5.74, 6) is -1.77. The highest BCUT2D eigenvalue weighted by Gasteiger charge is 2.16. The number of anilines is 2. The Hall–Kier alpha value is -2.70. The lowest BCUT2D eigenvalue weighted by Crippen LogP contribution is -2.15. The van der Waals surface area contributed by atoms with Crippen molar-refractivity contribution in [3.05, 3.63) is 53.8 Å². The van der Waals surface area contributed by atoms with Gasteiger partial charge in [0.15, 0.2) is 0 Å². The van der Waals surface area contributed by atoms with E-state index in [-0.39, 0.29) is 22.7 Å². The summed E-state index contributed by atoms with van der Waals surface area (Å²) >= 11 is 0. The van der Waals surface area contributed by atoms with Gasteiger partial charge in [-0.15, -0.1) is 0 Å². The molecule has 2 aromatic rings. The van der Waals surface area contributed by atoms with Crippen LogP contribution in [0.2, 0.25) is 0 Å². The van der Waals surface area contributed by atoms with Gasteiger partial charge in [0.1, 0.15) is 11.6 Å². The molecule has 21 heavy (non-hydrogen) atoms. The predicted molar refractivity (Wildman–Crippen MR) is 71.8 cm³/mol. The minimum Gasteiger partial charge on any atom is -0.434 e. The lowest BCUT2D eigenvalue weighted by molar-refractivity contribution is -0.0501. The third kappa shape index (κ3) is 3.65. The van der Waals surface area contributed by atoms with Crippen molar-refractivity contribution in [3.63, 3.8) is 0 Å². The second-order valence-corrected chi connectivity index (χ2v) is 4.07. The van der Waals surface area contributed by atoms with Gasteiger partial charge in [-0.2, -0.15) is 8.78 Å². The summed E-state index contributed by atoms with van der Waals surface area (Å²) in [5, 5.41) is 2.26. The van der Waals surface area contributed by atoms with Crippen molar-refractivity contribution < 1.29 is 22.7 Å². The highest BCUT2D eigenvalue weighted by Crippen LogP contribution is 2.23. The van der Waals surface area contributed by atoms with E-state index in [0.29, 0.717) is 0 Å². The SMILES string of the molecule is Nc1ccc(F)c(NC(=O)c2ccccc2OC(F)F)c1. The molecule has 0 aliphatic rings. The first-order valence-electron chi connectivity index (χ1n) is 5.87. The monoisotopic (exact) mass is 296 g/mol. The molecule has 0 fully saturated rings. The predicted octanol–water partition coefficient (Wildman–Crippen LogP) is 3.26. The standard InChI is InChI=1S/C14H11F3N2O2/c15-10-6-5-8(18)7-11(10)19-13(20)9-3-1-2-4-12(9)21-14(16)17/h1-7,14H,18H2,(H,19,20). The molecule has 0 unspecified atom stereocenters. The van der Waals surface area contributed by atoms with Crippen LogP contribution in [0.1, 0.15) is 10.4 Å². The average molecular weight is 296 g/mol. The van der Waals surface area contributed by atoms with Crippen LogP contribution in [0.4, 0.5) is 24.5 Å². The van der Waals surface area contributed by atoms with Crippen LogP contribution in [0.5, 0.6) is 5.75 Å².